The van der Waals surface area contributed by atoms with Crippen LogP contribution in [-0.2, 0) is 0 Å². The average Bonchev–Trinajstić information content (AvgIpc) is 2.58. The molecule has 128 valence electrons. The molecule has 0 radical (unpaired) electrons. The van der Waals surface area contributed by atoms with Gasteiger partial charge in [0.2, 0.25) is 0 Å². The molecule has 3 rings (SSSR count). The van der Waals surface area contributed by atoms with E-state index in [1.54, 1.807) is 0 Å². The van der Waals surface area contributed by atoms with Crippen LogP contribution in [0.3, 0.4) is 0 Å². The van der Waals surface area contributed by atoms with Gasteiger partial charge in [-0.15, -0.1) is 0 Å². The van der Waals surface area contributed by atoms with Gasteiger partial charge in [0.05, 0.1) is 0 Å². The van der Waals surface area contributed by atoms with Gasteiger partial charge in [0.25, 0.3) is 0 Å². The molecule has 3 aliphatic carbocycles. The molecule has 0 aliphatic heterocycles. The third-order valence-electron chi connectivity index (χ3n) is 7.31. The Morgan fingerprint density at radius 3 is 1.00 bits per heavy atom. The van der Waals surface area contributed by atoms with Gasteiger partial charge in [-0.3, -0.25) is 0 Å². The van der Waals surface area contributed by atoms with Gasteiger partial charge in [0, 0.05) is 0 Å². The fourth-order valence-electron chi connectivity index (χ4n) is 6.34. The summed E-state index contributed by atoms with van der Waals surface area (Å²) < 4.78 is 29.3. The quantitative estimate of drug-likeness (QED) is 0.422. The average molecular weight is 419 g/mol. The predicted octanol–water partition coefficient (Wildman–Crippen LogP) is 7.24. The molecule has 0 aromatic carbocycles. The molecule has 3 heteroatoms. The minimum absolute atomic E-state index is 0.522. The second-order valence-electron chi connectivity index (χ2n) is 8.31. The Bertz CT molecular complexity index is 281. The molecule has 0 aromatic rings. The standard InChI is InChI=1S/3C6H11.CHF2.Sn/c3*1-2-4-6-5-3-1;2-1-3;/h3*1H,2-6H2;1H;. The van der Waals surface area contributed by atoms with Crippen LogP contribution in [0, 0.1) is 0 Å². The molecule has 0 spiro atoms. The Morgan fingerprint density at radius 2 is 0.773 bits per heavy atom. The van der Waals surface area contributed by atoms with Crippen molar-refractivity contribution >= 4 is 18.4 Å². The minimum atomic E-state index is -3.47. The third-order valence-corrected chi connectivity index (χ3v) is 26.5. The molecule has 0 unspecified atom stereocenters. The number of rotatable bonds is 4. The van der Waals surface area contributed by atoms with Crippen molar-refractivity contribution in [1.29, 1.82) is 0 Å². The third kappa shape index (κ3) is 3.37. The van der Waals surface area contributed by atoms with E-state index < -0.39 is 22.8 Å². The van der Waals surface area contributed by atoms with Gasteiger partial charge in [-0.1, -0.05) is 0 Å². The van der Waals surface area contributed by atoms with Gasteiger partial charge in [0.15, 0.2) is 0 Å². The fourth-order valence-corrected chi connectivity index (χ4v) is 27.2. The van der Waals surface area contributed by atoms with Crippen LogP contribution in [0.4, 0.5) is 8.78 Å². The molecular formula is C19H34F2Sn. The van der Waals surface area contributed by atoms with Crippen molar-refractivity contribution in [3.8, 4) is 0 Å². The Morgan fingerprint density at radius 1 is 0.500 bits per heavy atom. The molecule has 0 saturated heterocycles. The van der Waals surface area contributed by atoms with Gasteiger partial charge in [-0.25, -0.2) is 0 Å². The fraction of sp³-hybridized carbons (Fsp3) is 1.00. The Balaban J connectivity index is 1.92. The van der Waals surface area contributed by atoms with E-state index in [9.17, 15) is 8.78 Å². The molecule has 3 fully saturated rings. The zero-order valence-electron chi connectivity index (χ0n) is 14.2. The van der Waals surface area contributed by atoms with Gasteiger partial charge in [-0.05, 0) is 0 Å². The first-order valence-electron chi connectivity index (χ1n) is 10.0. The van der Waals surface area contributed by atoms with E-state index in [-0.39, 0.29) is 0 Å². The molecule has 0 aromatic heterocycles. The molecule has 3 saturated carbocycles. The van der Waals surface area contributed by atoms with Crippen LogP contribution in [0.25, 0.3) is 0 Å². The Kier molecular flexibility index (Phi) is 6.48. The Hall–Kier alpha value is 0.659. The van der Waals surface area contributed by atoms with E-state index in [1.165, 1.54) is 96.3 Å². The molecule has 0 heterocycles. The molecule has 0 atom stereocenters. The molecule has 22 heavy (non-hydrogen) atoms. The Labute approximate surface area is 139 Å². The van der Waals surface area contributed by atoms with Gasteiger partial charge >= 0.3 is 140 Å². The van der Waals surface area contributed by atoms with Crippen molar-refractivity contribution < 1.29 is 8.78 Å². The van der Waals surface area contributed by atoms with E-state index in [0.29, 0.717) is 11.8 Å². The van der Waals surface area contributed by atoms with Gasteiger partial charge in [0.1, 0.15) is 0 Å². The summed E-state index contributed by atoms with van der Waals surface area (Å²) in [6, 6.07) is 0. The van der Waals surface area contributed by atoms with E-state index in [0.717, 1.165) is 0 Å². The van der Waals surface area contributed by atoms with Gasteiger partial charge in [-0.2, -0.15) is 0 Å². The van der Waals surface area contributed by atoms with Crippen LogP contribution >= 0.6 is 0 Å². The van der Waals surface area contributed by atoms with Crippen LogP contribution in [-0.4, -0.2) is 22.8 Å². The first-order valence-corrected chi connectivity index (χ1v) is 16.6. The van der Waals surface area contributed by atoms with Crippen molar-refractivity contribution in [3.63, 3.8) is 0 Å². The van der Waals surface area contributed by atoms with E-state index in [2.05, 4.69) is 0 Å². The van der Waals surface area contributed by atoms with Crippen LogP contribution in [0.2, 0.25) is 11.8 Å². The molecule has 0 N–H and O–H groups in total. The monoisotopic (exact) mass is 420 g/mol. The number of halogens is 2. The van der Waals surface area contributed by atoms with Crippen LogP contribution in [0.5, 0.6) is 0 Å². The van der Waals surface area contributed by atoms with Crippen molar-refractivity contribution in [3.05, 3.63) is 0 Å². The maximum atomic E-state index is 14.8. The van der Waals surface area contributed by atoms with E-state index in [1.807, 2.05) is 0 Å². The van der Waals surface area contributed by atoms with Crippen molar-refractivity contribution in [2.24, 2.45) is 0 Å². The van der Waals surface area contributed by atoms with Crippen molar-refractivity contribution in [2.75, 3.05) is 0 Å². The van der Waals surface area contributed by atoms with Crippen LogP contribution in [0.15, 0.2) is 0 Å². The predicted molar refractivity (Wildman–Crippen MR) is 92.3 cm³/mol. The summed E-state index contributed by atoms with van der Waals surface area (Å²) in [7, 11) is 0. The second-order valence-corrected chi connectivity index (χ2v) is 22.3. The summed E-state index contributed by atoms with van der Waals surface area (Å²) >= 11 is -3.47. The summed E-state index contributed by atoms with van der Waals surface area (Å²) in [4.78, 5) is 0. The van der Waals surface area contributed by atoms with Crippen molar-refractivity contribution in [2.45, 2.75) is 113 Å². The van der Waals surface area contributed by atoms with Crippen molar-refractivity contribution in [1.82, 2.24) is 0 Å². The number of hydrogen-bond acceptors (Lipinski definition) is 0. The zero-order valence-corrected chi connectivity index (χ0v) is 17.0. The molecule has 0 nitrogen and oxygen atoms in total. The maximum absolute atomic E-state index is 14.8. The van der Waals surface area contributed by atoms with Gasteiger partial charge < -0.3 is 0 Å². The van der Waals surface area contributed by atoms with Crippen LogP contribution < -0.4 is 0 Å². The van der Waals surface area contributed by atoms with E-state index >= 15 is 0 Å². The van der Waals surface area contributed by atoms with Crippen LogP contribution in [0.1, 0.15) is 96.3 Å². The normalized spacial score (nSPS) is 27.4. The summed E-state index contributed by atoms with van der Waals surface area (Å²) in [5.41, 5.74) is 0. The second kappa shape index (κ2) is 8.16. The van der Waals surface area contributed by atoms with E-state index in [4.69, 9.17) is 0 Å². The zero-order chi connectivity index (χ0) is 15.4. The summed E-state index contributed by atoms with van der Waals surface area (Å²) in [5, 5.41) is 0. The first kappa shape index (κ1) is 17.5. The summed E-state index contributed by atoms with van der Waals surface area (Å²) in [6.07, 6.45) is 18.4. The first-order chi connectivity index (χ1) is 10.8. The summed E-state index contributed by atoms with van der Waals surface area (Å²) in [5.74, 6) is 0. The molecular weight excluding hydrogens is 385 g/mol. The molecule has 0 bridgehead atoms. The SMILES string of the molecule is F[CH](F)[Sn]([CH]1CCCCC1)([CH]1CCCCC1)[CH]1CCCCC1. The molecule has 0 amide bonds. The summed E-state index contributed by atoms with van der Waals surface area (Å²) in [6.45, 7) is 0. The number of alkyl halides is 2. The number of hydrogen-bond donors (Lipinski definition) is 0. The topological polar surface area (TPSA) is 0 Å². The molecule has 3 aliphatic rings.